The lowest BCUT2D eigenvalue weighted by atomic mass is 10.2. The summed E-state index contributed by atoms with van der Waals surface area (Å²) in [6, 6.07) is 5.30. The van der Waals surface area contributed by atoms with Crippen LogP contribution >= 0.6 is 27.5 Å². The zero-order chi connectivity index (χ0) is 10.7. The Bertz CT molecular complexity index is 295. The number of benzene rings is 1. The van der Waals surface area contributed by atoms with E-state index >= 15 is 0 Å². The molecule has 0 bridgehead atoms. The van der Waals surface area contributed by atoms with Gasteiger partial charge in [0.25, 0.3) is 0 Å². The molecule has 0 aliphatic rings. The highest BCUT2D eigenvalue weighted by Gasteiger charge is 2.10. The Morgan fingerprint density at radius 3 is 2.50 bits per heavy atom. The van der Waals surface area contributed by atoms with Gasteiger partial charge in [0, 0.05) is 9.50 Å². The van der Waals surface area contributed by atoms with Gasteiger partial charge in [0.1, 0.15) is 11.9 Å². The van der Waals surface area contributed by atoms with Crippen LogP contribution < -0.4 is 4.74 Å². The quantitative estimate of drug-likeness (QED) is 0.920. The maximum absolute atomic E-state index is 9.25. The predicted molar refractivity (Wildman–Crippen MR) is 60.9 cm³/mol. The molecular formula is C10H12BrClO2. The van der Waals surface area contributed by atoms with Crippen molar-refractivity contribution in [3.63, 3.8) is 0 Å². The normalized spacial score (nSPS) is 14.9. The number of rotatable bonds is 3. The highest BCUT2D eigenvalue weighted by Crippen LogP contribution is 2.25. The molecule has 2 atom stereocenters. The number of ether oxygens (including phenoxy) is 1. The summed E-state index contributed by atoms with van der Waals surface area (Å²) in [5.41, 5.74) is 0. The van der Waals surface area contributed by atoms with E-state index in [1.807, 2.05) is 6.07 Å². The van der Waals surface area contributed by atoms with E-state index in [1.165, 1.54) is 0 Å². The molecule has 2 nitrogen and oxygen atoms in total. The monoisotopic (exact) mass is 278 g/mol. The van der Waals surface area contributed by atoms with Crippen molar-refractivity contribution in [1.29, 1.82) is 0 Å². The van der Waals surface area contributed by atoms with Gasteiger partial charge in [-0.15, -0.1) is 0 Å². The lowest BCUT2D eigenvalue weighted by Crippen LogP contribution is -2.25. The van der Waals surface area contributed by atoms with Crippen molar-refractivity contribution in [2.24, 2.45) is 0 Å². The number of aliphatic hydroxyl groups is 1. The summed E-state index contributed by atoms with van der Waals surface area (Å²) in [6.45, 7) is 3.49. The van der Waals surface area contributed by atoms with Crippen molar-refractivity contribution >= 4 is 27.5 Å². The van der Waals surface area contributed by atoms with Crippen molar-refractivity contribution in [2.75, 3.05) is 0 Å². The third-order valence-corrected chi connectivity index (χ3v) is 2.51. The van der Waals surface area contributed by atoms with Crippen molar-refractivity contribution in [3.8, 4) is 5.75 Å². The molecule has 0 saturated heterocycles. The highest BCUT2D eigenvalue weighted by atomic mass is 79.9. The third-order valence-electron chi connectivity index (χ3n) is 1.84. The molecule has 1 unspecified atom stereocenters. The van der Waals surface area contributed by atoms with Gasteiger partial charge in [-0.25, -0.2) is 0 Å². The molecule has 1 aromatic carbocycles. The molecule has 0 saturated carbocycles. The fourth-order valence-corrected chi connectivity index (χ4v) is 1.74. The Hall–Kier alpha value is -0.250. The Labute approximate surface area is 97.0 Å². The van der Waals surface area contributed by atoms with E-state index in [0.717, 1.165) is 4.47 Å². The minimum absolute atomic E-state index is 0.250. The van der Waals surface area contributed by atoms with Gasteiger partial charge in [0.05, 0.1) is 6.10 Å². The van der Waals surface area contributed by atoms with E-state index in [0.29, 0.717) is 10.8 Å². The van der Waals surface area contributed by atoms with Gasteiger partial charge in [-0.2, -0.15) is 0 Å². The first-order chi connectivity index (χ1) is 6.49. The molecule has 14 heavy (non-hydrogen) atoms. The van der Waals surface area contributed by atoms with Gasteiger partial charge >= 0.3 is 0 Å². The fourth-order valence-electron chi connectivity index (χ4n) is 0.910. The number of aliphatic hydroxyl groups excluding tert-OH is 1. The molecule has 4 heteroatoms. The van der Waals surface area contributed by atoms with Gasteiger partial charge in [0.2, 0.25) is 0 Å². The number of halogens is 2. The van der Waals surface area contributed by atoms with Crippen LogP contribution in [-0.4, -0.2) is 17.3 Å². The molecule has 0 aromatic heterocycles. The van der Waals surface area contributed by atoms with Gasteiger partial charge < -0.3 is 9.84 Å². The lowest BCUT2D eigenvalue weighted by molar-refractivity contribution is 0.0604. The van der Waals surface area contributed by atoms with Gasteiger partial charge in [-0.05, 0) is 32.0 Å². The van der Waals surface area contributed by atoms with Crippen LogP contribution in [0.25, 0.3) is 0 Å². The molecule has 1 aromatic rings. The lowest BCUT2D eigenvalue weighted by Gasteiger charge is -2.17. The first-order valence-electron chi connectivity index (χ1n) is 4.30. The molecule has 1 N–H and O–H groups in total. The summed E-state index contributed by atoms with van der Waals surface area (Å²) in [6.07, 6.45) is -0.756. The van der Waals surface area contributed by atoms with Crippen molar-refractivity contribution in [2.45, 2.75) is 26.1 Å². The average molecular weight is 280 g/mol. The number of hydrogen-bond donors (Lipinski definition) is 1. The van der Waals surface area contributed by atoms with E-state index in [2.05, 4.69) is 15.9 Å². The van der Waals surface area contributed by atoms with Crippen LogP contribution in [0.1, 0.15) is 13.8 Å². The van der Waals surface area contributed by atoms with E-state index in [9.17, 15) is 5.11 Å². The molecule has 0 radical (unpaired) electrons. The maximum Gasteiger partial charge on any atom is 0.122 e. The second kappa shape index (κ2) is 5.01. The second-order valence-corrected chi connectivity index (χ2v) is 4.52. The van der Waals surface area contributed by atoms with Crippen LogP contribution in [0, 0.1) is 0 Å². The number of hydrogen-bond acceptors (Lipinski definition) is 2. The zero-order valence-corrected chi connectivity index (χ0v) is 10.3. The predicted octanol–water partition coefficient (Wildman–Crippen LogP) is 3.25. The topological polar surface area (TPSA) is 29.5 Å². The van der Waals surface area contributed by atoms with E-state index < -0.39 is 6.10 Å². The first kappa shape index (κ1) is 11.8. The van der Waals surface area contributed by atoms with Gasteiger partial charge in [-0.3, -0.25) is 0 Å². The Morgan fingerprint density at radius 2 is 2.00 bits per heavy atom. The smallest absolute Gasteiger partial charge is 0.122 e. The Balaban J connectivity index is 2.76. The van der Waals surface area contributed by atoms with Crippen LogP contribution in [0.15, 0.2) is 22.7 Å². The van der Waals surface area contributed by atoms with Crippen LogP contribution in [0.5, 0.6) is 5.75 Å². The average Bonchev–Trinajstić information content (AvgIpc) is 2.01. The van der Waals surface area contributed by atoms with E-state index in [1.54, 1.807) is 26.0 Å². The Kier molecular flexibility index (Phi) is 4.23. The largest absolute Gasteiger partial charge is 0.488 e. The summed E-state index contributed by atoms with van der Waals surface area (Å²) in [5.74, 6) is 0.651. The van der Waals surface area contributed by atoms with Crippen LogP contribution in [0.2, 0.25) is 5.02 Å². The minimum atomic E-state index is -0.507. The molecule has 0 spiro atoms. The molecule has 0 heterocycles. The molecular weight excluding hydrogens is 267 g/mol. The van der Waals surface area contributed by atoms with Crippen LogP contribution in [0.4, 0.5) is 0 Å². The molecule has 0 aliphatic heterocycles. The summed E-state index contributed by atoms with van der Waals surface area (Å²) in [7, 11) is 0. The van der Waals surface area contributed by atoms with Crippen LogP contribution in [-0.2, 0) is 0 Å². The SMILES string of the molecule is CC(Oc1cc(Cl)cc(Br)c1)[C@@H](C)O. The molecule has 1 rings (SSSR count). The van der Waals surface area contributed by atoms with Gasteiger partial charge in [-0.1, -0.05) is 27.5 Å². The maximum atomic E-state index is 9.25. The minimum Gasteiger partial charge on any atom is -0.488 e. The standard InChI is InChI=1S/C10H12BrClO2/c1-6(13)7(2)14-10-4-8(11)3-9(12)5-10/h3-7,13H,1-2H3/t6-,7?/m1/s1. The van der Waals surface area contributed by atoms with Crippen molar-refractivity contribution in [1.82, 2.24) is 0 Å². The molecule has 0 aliphatic carbocycles. The molecule has 0 fully saturated rings. The second-order valence-electron chi connectivity index (χ2n) is 3.17. The third kappa shape index (κ3) is 3.48. The Morgan fingerprint density at radius 1 is 1.36 bits per heavy atom. The van der Waals surface area contributed by atoms with Crippen LogP contribution in [0.3, 0.4) is 0 Å². The molecule has 78 valence electrons. The summed E-state index contributed by atoms with van der Waals surface area (Å²) in [5, 5.41) is 9.85. The summed E-state index contributed by atoms with van der Waals surface area (Å²) >= 11 is 9.15. The fraction of sp³-hybridized carbons (Fsp3) is 0.400. The van der Waals surface area contributed by atoms with E-state index in [4.69, 9.17) is 16.3 Å². The zero-order valence-electron chi connectivity index (χ0n) is 8.00. The van der Waals surface area contributed by atoms with E-state index in [-0.39, 0.29) is 6.10 Å². The van der Waals surface area contributed by atoms with Gasteiger partial charge in [0.15, 0.2) is 0 Å². The first-order valence-corrected chi connectivity index (χ1v) is 5.47. The summed E-state index contributed by atoms with van der Waals surface area (Å²) < 4.78 is 6.33. The summed E-state index contributed by atoms with van der Waals surface area (Å²) in [4.78, 5) is 0. The van der Waals surface area contributed by atoms with Crippen molar-refractivity contribution < 1.29 is 9.84 Å². The van der Waals surface area contributed by atoms with Crippen molar-refractivity contribution in [3.05, 3.63) is 27.7 Å². The molecule has 0 amide bonds. The highest BCUT2D eigenvalue weighted by molar-refractivity contribution is 9.10.